The van der Waals surface area contributed by atoms with Gasteiger partial charge in [-0.25, -0.2) is 14.0 Å². The summed E-state index contributed by atoms with van der Waals surface area (Å²) in [6, 6.07) is 13.6. The minimum atomic E-state index is -1.05. The van der Waals surface area contributed by atoms with Crippen molar-refractivity contribution < 1.29 is 37.7 Å². The second-order valence-corrected chi connectivity index (χ2v) is 14.2. The van der Waals surface area contributed by atoms with Gasteiger partial charge in [0.2, 0.25) is 0 Å². The molecular weight excluding hydrogens is 708 g/mol. The molecule has 0 spiro atoms. The Balaban J connectivity index is 1.19. The first kappa shape index (κ1) is 35.9. The van der Waals surface area contributed by atoms with Crippen LogP contribution in [-0.2, 0) is 27.2 Å². The Morgan fingerprint density at radius 3 is 2.42 bits per heavy atom. The van der Waals surface area contributed by atoms with E-state index in [-0.39, 0.29) is 34.7 Å². The lowest BCUT2D eigenvalue weighted by molar-refractivity contribution is -0.605. The molecule has 0 radical (unpaired) electrons. The predicted molar refractivity (Wildman–Crippen MR) is 186 cm³/mol. The summed E-state index contributed by atoms with van der Waals surface area (Å²) in [5.74, 6) is -0.456. The van der Waals surface area contributed by atoms with E-state index in [0.717, 1.165) is 25.9 Å². The van der Waals surface area contributed by atoms with Crippen LogP contribution in [0, 0.1) is 16.9 Å². The number of esters is 2. The number of fused-ring (bicyclic) bond motifs is 3. The Bertz CT molecular complexity index is 1830. The number of carbonyl (C=O) groups is 2. The van der Waals surface area contributed by atoms with Crippen LogP contribution in [0.4, 0.5) is 4.39 Å². The molecule has 14 heteroatoms. The molecule has 0 aliphatic carbocycles. The number of aromatic nitrogens is 1. The van der Waals surface area contributed by atoms with Gasteiger partial charge in [0.15, 0.2) is 23.9 Å². The summed E-state index contributed by atoms with van der Waals surface area (Å²) < 4.78 is 38.3. The van der Waals surface area contributed by atoms with Gasteiger partial charge in [0, 0.05) is 35.5 Å². The second-order valence-electron chi connectivity index (χ2n) is 12.2. The molecule has 3 aliphatic heterocycles. The van der Waals surface area contributed by atoms with E-state index in [1.165, 1.54) is 44.0 Å². The molecule has 7 rings (SSSR count). The summed E-state index contributed by atoms with van der Waals surface area (Å²) in [4.78, 5) is 30.4. The first-order valence-electron chi connectivity index (χ1n) is 16.1. The van der Waals surface area contributed by atoms with Crippen LogP contribution in [0.15, 0.2) is 67.0 Å². The third kappa shape index (κ3) is 8.16. The molecule has 3 saturated heterocycles. The number of hydrogen-bond acceptors (Lipinski definition) is 10. The lowest BCUT2D eigenvalue weighted by Crippen LogP contribution is -2.52. The molecule has 0 amide bonds. The number of thiophene rings is 1. The highest BCUT2D eigenvalue weighted by Gasteiger charge is 2.38. The third-order valence-electron chi connectivity index (χ3n) is 9.13. The van der Waals surface area contributed by atoms with Crippen LogP contribution >= 0.6 is 34.5 Å². The van der Waals surface area contributed by atoms with Gasteiger partial charge in [0.1, 0.15) is 39.0 Å². The lowest BCUT2D eigenvalue weighted by Gasteiger charge is -2.44. The van der Waals surface area contributed by atoms with Gasteiger partial charge in [0.25, 0.3) is 0 Å². The summed E-state index contributed by atoms with van der Waals surface area (Å²) in [5, 5.41) is 15.3. The van der Waals surface area contributed by atoms with Crippen LogP contribution in [0.2, 0.25) is 10.0 Å². The number of carbonyl (C=O) groups excluding carboxylic acids is 2. The van der Waals surface area contributed by atoms with Gasteiger partial charge in [-0.05, 0) is 67.7 Å². The zero-order valence-electron chi connectivity index (χ0n) is 27.4. The van der Waals surface area contributed by atoms with E-state index >= 15 is 0 Å². The van der Waals surface area contributed by atoms with Crippen LogP contribution in [0.3, 0.4) is 0 Å². The lowest BCUT2D eigenvalue weighted by atomic mass is 9.86. The zero-order valence-corrected chi connectivity index (χ0v) is 29.7. The number of halogens is 3. The number of hydrogen-bond donors (Lipinski definition) is 1. The van der Waals surface area contributed by atoms with E-state index in [1.54, 1.807) is 48.5 Å². The van der Waals surface area contributed by atoms with Gasteiger partial charge >= 0.3 is 11.9 Å². The standard InChI is InChI=1S/C36H36Cl2FN3O7S/c1-46-29-9-7-22(15-31(29)47-2)30(16-25-26(37)18-42(45)19-27(25)38)48-35(43)33-10-8-23(50-33)17-40-34(24-5-3-4-6-28(24)39)36(44)49-32-20-41-13-11-21(32)12-14-41/h3-10,15,18-19,21,30,32,34,40H,11-14,16-17,20H2,1-2H3/t30-,32?,34?/m0/s1. The fourth-order valence-electron chi connectivity index (χ4n) is 6.46. The Morgan fingerprint density at radius 1 is 1.04 bits per heavy atom. The first-order chi connectivity index (χ1) is 24.1. The largest absolute Gasteiger partial charge is 0.619 e. The fraction of sp³-hybridized carbons (Fsp3) is 0.361. The quantitative estimate of drug-likeness (QED) is 0.0938. The van der Waals surface area contributed by atoms with Gasteiger partial charge in [0.05, 0.1) is 14.2 Å². The Morgan fingerprint density at radius 2 is 1.76 bits per heavy atom. The van der Waals surface area contributed by atoms with Crippen molar-refractivity contribution in [1.29, 1.82) is 0 Å². The molecule has 50 heavy (non-hydrogen) atoms. The van der Waals surface area contributed by atoms with Crippen molar-refractivity contribution >= 4 is 46.5 Å². The molecule has 1 N–H and O–H groups in total. The summed E-state index contributed by atoms with van der Waals surface area (Å²) >= 11 is 13.9. The van der Waals surface area contributed by atoms with Crippen molar-refractivity contribution in [3.63, 3.8) is 0 Å². The first-order valence-corrected chi connectivity index (χ1v) is 17.7. The number of benzene rings is 2. The predicted octanol–water partition coefficient (Wildman–Crippen LogP) is 6.45. The molecule has 264 valence electrons. The van der Waals surface area contributed by atoms with Crippen molar-refractivity contribution in [2.24, 2.45) is 5.92 Å². The molecule has 3 fully saturated rings. The summed E-state index contributed by atoms with van der Waals surface area (Å²) in [5.41, 5.74) is 1.19. The third-order valence-corrected chi connectivity index (χ3v) is 10.9. The number of rotatable bonds is 13. The van der Waals surface area contributed by atoms with E-state index in [1.807, 2.05) is 0 Å². The van der Waals surface area contributed by atoms with Crippen molar-refractivity contribution in [3.8, 4) is 11.5 Å². The van der Waals surface area contributed by atoms with Gasteiger partial charge in [-0.15, -0.1) is 11.3 Å². The zero-order chi connectivity index (χ0) is 35.4. The molecule has 2 aromatic heterocycles. The van der Waals surface area contributed by atoms with Crippen molar-refractivity contribution in [2.45, 2.75) is 44.1 Å². The maximum absolute atomic E-state index is 15.0. The number of nitrogens with zero attached hydrogens (tertiary/aromatic N) is 2. The molecule has 5 heterocycles. The maximum atomic E-state index is 15.0. The van der Waals surface area contributed by atoms with Crippen molar-refractivity contribution in [2.75, 3.05) is 33.9 Å². The molecule has 3 aliphatic rings. The van der Waals surface area contributed by atoms with Gasteiger partial charge in [-0.1, -0.05) is 47.5 Å². The summed E-state index contributed by atoms with van der Waals surface area (Å²) in [7, 11) is 3.01. The minimum Gasteiger partial charge on any atom is -0.619 e. The van der Waals surface area contributed by atoms with E-state index in [2.05, 4.69) is 10.2 Å². The topological polar surface area (TPSA) is 113 Å². The van der Waals surface area contributed by atoms with Gasteiger partial charge < -0.3 is 24.2 Å². The minimum absolute atomic E-state index is 0.0611. The van der Waals surface area contributed by atoms with E-state index in [0.29, 0.717) is 49.6 Å². The smallest absolute Gasteiger partial charge is 0.348 e. The fourth-order valence-corrected chi connectivity index (χ4v) is 7.90. The monoisotopic (exact) mass is 743 g/mol. The van der Waals surface area contributed by atoms with E-state index < -0.39 is 29.9 Å². The summed E-state index contributed by atoms with van der Waals surface area (Å²) in [6.07, 6.45) is 3.25. The van der Waals surface area contributed by atoms with Crippen LogP contribution < -0.4 is 19.5 Å². The van der Waals surface area contributed by atoms with Gasteiger partial charge in [-0.3, -0.25) is 10.2 Å². The molecule has 4 aromatic rings. The highest BCUT2D eigenvalue weighted by Crippen LogP contribution is 2.36. The maximum Gasteiger partial charge on any atom is 0.348 e. The molecule has 3 atom stereocenters. The molecule has 2 bridgehead atoms. The Labute approximate surface area is 303 Å². The van der Waals surface area contributed by atoms with Crippen LogP contribution in [0.1, 0.15) is 56.2 Å². The number of piperidine rings is 3. The van der Waals surface area contributed by atoms with Crippen LogP contribution in [0.25, 0.3) is 0 Å². The molecule has 2 unspecified atom stereocenters. The van der Waals surface area contributed by atoms with E-state index in [9.17, 15) is 19.2 Å². The average Bonchev–Trinajstić information content (AvgIpc) is 3.59. The number of pyridine rings is 1. The van der Waals surface area contributed by atoms with E-state index in [4.69, 9.17) is 42.1 Å². The molecular formula is C36H36Cl2FN3O7S. The Kier molecular flexibility index (Phi) is 11.4. The normalized spacial score (nSPS) is 19.4. The van der Waals surface area contributed by atoms with Crippen LogP contribution in [0.5, 0.6) is 11.5 Å². The average molecular weight is 745 g/mol. The molecule has 0 saturated carbocycles. The SMILES string of the molecule is COc1ccc([C@H](Cc2c(Cl)c[n+]([O-])cc2Cl)OC(=O)c2ccc(CNC(C(=O)OC3CN4CCC3CC4)c3ccccc3F)s2)cc1OC. The molecule has 2 aromatic carbocycles. The number of methoxy groups -OCH3 is 2. The Hall–Kier alpha value is -3.94. The molecule has 10 nitrogen and oxygen atoms in total. The van der Waals surface area contributed by atoms with Gasteiger partial charge in [-0.2, -0.15) is 4.73 Å². The van der Waals surface area contributed by atoms with Crippen LogP contribution in [-0.4, -0.2) is 56.8 Å². The van der Waals surface area contributed by atoms with Crippen molar-refractivity contribution in [1.82, 2.24) is 10.2 Å². The summed E-state index contributed by atoms with van der Waals surface area (Å²) in [6.45, 7) is 2.85. The van der Waals surface area contributed by atoms with Crippen molar-refractivity contribution in [3.05, 3.63) is 115 Å². The highest BCUT2D eigenvalue weighted by molar-refractivity contribution is 7.13. The number of nitrogens with one attached hydrogen (secondary N) is 1. The number of ether oxygens (including phenoxy) is 4. The highest BCUT2D eigenvalue weighted by atomic mass is 35.5. The second kappa shape index (κ2) is 15.9.